The van der Waals surface area contributed by atoms with Crippen molar-refractivity contribution in [3.05, 3.63) is 22.3 Å². The Morgan fingerprint density at radius 3 is 3.09 bits per heavy atom. The molecule has 0 aromatic carbocycles. The summed E-state index contributed by atoms with van der Waals surface area (Å²) in [5.41, 5.74) is 6.75. The lowest BCUT2D eigenvalue weighted by molar-refractivity contribution is 0.976. The van der Waals surface area contributed by atoms with Crippen molar-refractivity contribution >= 4 is 28.0 Å². The molecule has 0 saturated heterocycles. The number of hydrogen-bond donors (Lipinski definition) is 1. The van der Waals surface area contributed by atoms with Crippen molar-refractivity contribution in [1.82, 2.24) is 0 Å². The van der Waals surface area contributed by atoms with E-state index in [1.165, 1.54) is 0 Å². The van der Waals surface area contributed by atoms with E-state index in [0.717, 1.165) is 15.9 Å². The van der Waals surface area contributed by atoms with Crippen LogP contribution in [0.25, 0.3) is 0 Å². The summed E-state index contributed by atoms with van der Waals surface area (Å²) in [6.07, 6.45) is 5.25. The molecule has 0 aromatic heterocycles. The molecule has 0 spiro atoms. The van der Waals surface area contributed by atoms with Crippen LogP contribution < -0.4 is 5.73 Å². The fraction of sp³-hybridized carbons (Fsp3) is 0.143. The Bertz CT molecular complexity index is 312. The summed E-state index contributed by atoms with van der Waals surface area (Å²) in [7, 11) is 0. The Kier molecular flexibility index (Phi) is 1.51. The zero-order valence-corrected chi connectivity index (χ0v) is 7.25. The molecule has 0 saturated carbocycles. The first kappa shape index (κ1) is 6.94. The Morgan fingerprint density at radius 1 is 1.55 bits per heavy atom. The van der Waals surface area contributed by atoms with Gasteiger partial charge in [-0.3, -0.25) is 0 Å². The van der Waals surface area contributed by atoms with Crippen LogP contribution in [0.2, 0.25) is 0 Å². The van der Waals surface area contributed by atoms with Crippen LogP contribution in [-0.4, -0.2) is 18.1 Å². The standard InChI is InChI=1S/C7H6BrN3/c8-4-3-11-7-6(4)5(9)1-2-10-7/h1-3,5H,9H2/t5-/m0/s1. The first-order valence-corrected chi connectivity index (χ1v) is 4.02. The molecule has 0 bridgehead atoms. The number of fused-ring (bicyclic) bond motifs is 1. The lowest BCUT2D eigenvalue weighted by Crippen LogP contribution is -2.25. The van der Waals surface area contributed by atoms with Crippen LogP contribution in [0.15, 0.2) is 32.3 Å². The topological polar surface area (TPSA) is 50.7 Å². The number of allylic oxidation sites excluding steroid dienone is 1. The summed E-state index contributed by atoms with van der Waals surface area (Å²) < 4.78 is 0.938. The van der Waals surface area contributed by atoms with Crippen molar-refractivity contribution in [3.8, 4) is 0 Å². The van der Waals surface area contributed by atoms with E-state index in [1.807, 2.05) is 6.08 Å². The second kappa shape index (κ2) is 2.39. The molecule has 0 radical (unpaired) electrons. The van der Waals surface area contributed by atoms with E-state index in [-0.39, 0.29) is 6.04 Å². The van der Waals surface area contributed by atoms with E-state index in [0.29, 0.717) is 0 Å². The number of nitrogens with two attached hydrogens (primary N) is 1. The van der Waals surface area contributed by atoms with Crippen LogP contribution in [0.5, 0.6) is 0 Å². The predicted octanol–water partition coefficient (Wildman–Crippen LogP) is 0.973. The number of hydrogen-bond acceptors (Lipinski definition) is 3. The highest BCUT2D eigenvalue weighted by Crippen LogP contribution is 2.23. The highest BCUT2D eigenvalue weighted by molar-refractivity contribution is 9.12. The Balaban J connectivity index is 2.52. The molecule has 0 amide bonds. The van der Waals surface area contributed by atoms with E-state index in [4.69, 9.17) is 5.73 Å². The van der Waals surface area contributed by atoms with Crippen LogP contribution in [0.4, 0.5) is 0 Å². The minimum Gasteiger partial charge on any atom is -0.321 e. The molecule has 1 atom stereocenters. The molecule has 11 heavy (non-hydrogen) atoms. The summed E-state index contributed by atoms with van der Waals surface area (Å²) >= 11 is 3.36. The fourth-order valence-electron chi connectivity index (χ4n) is 1.08. The molecule has 4 heteroatoms. The molecule has 2 heterocycles. The highest BCUT2D eigenvalue weighted by atomic mass is 79.9. The monoisotopic (exact) mass is 211 g/mol. The van der Waals surface area contributed by atoms with Gasteiger partial charge in [-0.05, 0) is 22.0 Å². The molecule has 2 N–H and O–H groups in total. The van der Waals surface area contributed by atoms with Gasteiger partial charge in [-0.25, -0.2) is 9.98 Å². The molecule has 56 valence electrons. The number of halogens is 1. The van der Waals surface area contributed by atoms with E-state index in [1.54, 1.807) is 12.4 Å². The number of nitrogens with zero attached hydrogens (tertiary/aromatic N) is 2. The molecular formula is C7H6BrN3. The van der Waals surface area contributed by atoms with Crippen LogP contribution in [0.3, 0.4) is 0 Å². The van der Waals surface area contributed by atoms with Crippen molar-refractivity contribution in [2.24, 2.45) is 15.7 Å². The normalized spacial score (nSPS) is 27.5. The zero-order valence-electron chi connectivity index (χ0n) is 5.66. The van der Waals surface area contributed by atoms with Gasteiger partial charge in [0.05, 0.1) is 6.04 Å². The van der Waals surface area contributed by atoms with Gasteiger partial charge in [-0.2, -0.15) is 0 Å². The highest BCUT2D eigenvalue weighted by Gasteiger charge is 2.22. The Labute approximate surface area is 72.5 Å². The molecule has 0 aromatic rings. The van der Waals surface area contributed by atoms with Crippen LogP contribution in [0.1, 0.15) is 0 Å². The number of rotatable bonds is 0. The smallest absolute Gasteiger partial charge is 0.158 e. The van der Waals surface area contributed by atoms with Gasteiger partial charge in [0.15, 0.2) is 5.84 Å². The number of amidine groups is 1. The minimum atomic E-state index is -0.0700. The average Bonchev–Trinajstić information content (AvgIpc) is 2.34. The molecular weight excluding hydrogens is 206 g/mol. The molecule has 0 fully saturated rings. The van der Waals surface area contributed by atoms with Crippen LogP contribution in [0, 0.1) is 0 Å². The molecule has 2 aliphatic rings. The van der Waals surface area contributed by atoms with Gasteiger partial charge in [0.1, 0.15) is 0 Å². The third-order valence-corrected chi connectivity index (χ3v) is 2.25. The van der Waals surface area contributed by atoms with Gasteiger partial charge in [-0.15, -0.1) is 0 Å². The molecule has 2 rings (SSSR count). The van der Waals surface area contributed by atoms with Gasteiger partial charge in [-0.1, -0.05) is 0 Å². The Hall–Kier alpha value is -0.740. The quantitative estimate of drug-likeness (QED) is 0.639. The van der Waals surface area contributed by atoms with Gasteiger partial charge < -0.3 is 5.73 Å². The van der Waals surface area contributed by atoms with Gasteiger partial charge in [0.2, 0.25) is 0 Å². The maximum Gasteiger partial charge on any atom is 0.158 e. The zero-order chi connectivity index (χ0) is 7.84. The van der Waals surface area contributed by atoms with Crippen molar-refractivity contribution in [2.75, 3.05) is 0 Å². The first-order chi connectivity index (χ1) is 5.29. The van der Waals surface area contributed by atoms with Crippen molar-refractivity contribution < 1.29 is 0 Å². The second-order valence-corrected chi connectivity index (χ2v) is 3.19. The van der Waals surface area contributed by atoms with Crippen LogP contribution >= 0.6 is 15.9 Å². The molecule has 0 unspecified atom stereocenters. The summed E-state index contributed by atoms with van der Waals surface area (Å²) in [6.45, 7) is 0. The molecule has 3 nitrogen and oxygen atoms in total. The lowest BCUT2D eigenvalue weighted by atomic mass is 10.1. The van der Waals surface area contributed by atoms with Gasteiger partial charge in [0, 0.05) is 22.5 Å². The predicted molar refractivity (Wildman–Crippen MR) is 49.0 cm³/mol. The molecule has 2 aliphatic heterocycles. The average molecular weight is 212 g/mol. The number of aliphatic imine (C=N–C) groups is 2. The largest absolute Gasteiger partial charge is 0.321 e. The minimum absolute atomic E-state index is 0.0700. The maximum absolute atomic E-state index is 5.77. The van der Waals surface area contributed by atoms with Crippen molar-refractivity contribution in [2.45, 2.75) is 6.04 Å². The first-order valence-electron chi connectivity index (χ1n) is 3.23. The lowest BCUT2D eigenvalue weighted by Gasteiger charge is -2.11. The summed E-state index contributed by atoms with van der Waals surface area (Å²) in [5, 5.41) is 0. The van der Waals surface area contributed by atoms with E-state index in [2.05, 4.69) is 25.9 Å². The summed E-state index contributed by atoms with van der Waals surface area (Å²) in [5.74, 6) is 0.729. The van der Waals surface area contributed by atoms with Crippen molar-refractivity contribution in [3.63, 3.8) is 0 Å². The molecule has 0 aliphatic carbocycles. The summed E-state index contributed by atoms with van der Waals surface area (Å²) in [6, 6.07) is -0.0700. The van der Waals surface area contributed by atoms with E-state index in [9.17, 15) is 0 Å². The van der Waals surface area contributed by atoms with Gasteiger partial charge >= 0.3 is 0 Å². The summed E-state index contributed by atoms with van der Waals surface area (Å²) in [4.78, 5) is 8.12. The second-order valence-electron chi connectivity index (χ2n) is 2.34. The fourth-order valence-corrected chi connectivity index (χ4v) is 1.62. The third-order valence-electron chi connectivity index (χ3n) is 1.62. The van der Waals surface area contributed by atoms with E-state index < -0.39 is 0 Å². The third kappa shape index (κ3) is 0.985. The maximum atomic E-state index is 5.77. The van der Waals surface area contributed by atoms with Crippen molar-refractivity contribution in [1.29, 1.82) is 0 Å². The van der Waals surface area contributed by atoms with Gasteiger partial charge in [0.25, 0.3) is 0 Å². The Morgan fingerprint density at radius 2 is 2.36 bits per heavy atom. The SMILES string of the molecule is N[C@H]1C=CN=C2N=CC(Br)=C21. The van der Waals surface area contributed by atoms with E-state index >= 15 is 0 Å². The van der Waals surface area contributed by atoms with Crippen LogP contribution in [-0.2, 0) is 0 Å².